The number of hydrogen-bond acceptors (Lipinski definition) is 6. The van der Waals surface area contributed by atoms with E-state index in [1.54, 1.807) is 36.1 Å². The lowest BCUT2D eigenvalue weighted by atomic mass is 9.96. The summed E-state index contributed by atoms with van der Waals surface area (Å²) in [6.45, 7) is 3.74. The molecule has 0 spiro atoms. The van der Waals surface area contributed by atoms with Crippen molar-refractivity contribution in [1.82, 2.24) is 24.6 Å². The van der Waals surface area contributed by atoms with Gasteiger partial charge in [-0.1, -0.05) is 0 Å². The molecule has 0 aromatic carbocycles. The predicted molar refractivity (Wildman–Crippen MR) is 98.2 cm³/mol. The molecule has 0 N–H and O–H groups in total. The van der Waals surface area contributed by atoms with Crippen LogP contribution >= 0.6 is 0 Å². The summed E-state index contributed by atoms with van der Waals surface area (Å²) in [6, 6.07) is 3.51. The highest BCUT2D eigenvalue weighted by Gasteiger charge is 2.25. The molecule has 1 saturated heterocycles. The van der Waals surface area contributed by atoms with E-state index in [0.717, 1.165) is 18.7 Å². The van der Waals surface area contributed by atoms with Gasteiger partial charge in [0.05, 0.1) is 6.33 Å². The van der Waals surface area contributed by atoms with Crippen LogP contribution in [0.25, 0.3) is 0 Å². The first kappa shape index (κ1) is 18.0. The van der Waals surface area contributed by atoms with E-state index in [0.29, 0.717) is 36.8 Å². The van der Waals surface area contributed by atoms with E-state index in [9.17, 15) is 9.59 Å². The Labute approximate surface area is 152 Å². The van der Waals surface area contributed by atoms with Crippen LogP contribution in [-0.2, 0) is 6.54 Å². The minimum Gasteiger partial charge on any atom is -0.361 e. The van der Waals surface area contributed by atoms with Crippen LogP contribution in [0.3, 0.4) is 0 Å². The van der Waals surface area contributed by atoms with Crippen LogP contribution in [0.4, 0.5) is 5.82 Å². The summed E-state index contributed by atoms with van der Waals surface area (Å²) in [5.41, 5.74) is 1.03. The molecule has 138 valence electrons. The van der Waals surface area contributed by atoms with Crippen molar-refractivity contribution in [3.63, 3.8) is 0 Å². The number of rotatable bonds is 4. The molecule has 8 heteroatoms. The van der Waals surface area contributed by atoms with Gasteiger partial charge in [-0.05, 0) is 37.8 Å². The molecule has 0 saturated carbocycles. The second-order valence-corrected chi connectivity index (χ2v) is 6.94. The van der Waals surface area contributed by atoms with Crippen LogP contribution in [0.2, 0.25) is 0 Å². The van der Waals surface area contributed by atoms with Crippen molar-refractivity contribution in [2.24, 2.45) is 5.92 Å². The monoisotopic (exact) mass is 356 g/mol. The minimum absolute atomic E-state index is 0.00904. The molecular weight excluding hydrogens is 332 g/mol. The molecule has 1 amide bonds. The fourth-order valence-electron chi connectivity index (χ4n) is 3.13. The number of amides is 1. The number of likely N-dealkylation sites (tertiary alicyclic amines) is 1. The fourth-order valence-corrected chi connectivity index (χ4v) is 3.13. The first-order chi connectivity index (χ1) is 12.5. The van der Waals surface area contributed by atoms with Crippen molar-refractivity contribution in [2.45, 2.75) is 26.3 Å². The van der Waals surface area contributed by atoms with Crippen LogP contribution in [0.5, 0.6) is 0 Å². The molecule has 2 aromatic rings. The van der Waals surface area contributed by atoms with Crippen molar-refractivity contribution < 1.29 is 4.79 Å². The molecule has 1 aliphatic rings. The van der Waals surface area contributed by atoms with Crippen molar-refractivity contribution in [1.29, 1.82) is 0 Å². The maximum atomic E-state index is 12.6. The summed E-state index contributed by atoms with van der Waals surface area (Å²) in [6.07, 6.45) is 4.89. The lowest BCUT2D eigenvalue weighted by Crippen LogP contribution is -2.40. The maximum Gasteiger partial charge on any atom is 0.274 e. The van der Waals surface area contributed by atoms with Crippen LogP contribution in [-0.4, -0.2) is 57.7 Å². The third-order valence-electron chi connectivity index (χ3n) is 4.76. The van der Waals surface area contributed by atoms with Gasteiger partial charge in [0, 0.05) is 45.5 Å². The number of aryl methyl sites for hydroxylation is 1. The Morgan fingerprint density at radius 3 is 2.58 bits per heavy atom. The van der Waals surface area contributed by atoms with E-state index in [-0.39, 0.29) is 11.5 Å². The van der Waals surface area contributed by atoms with Gasteiger partial charge < -0.3 is 9.80 Å². The van der Waals surface area contributed by atoms with Gasteiger partial charge in [0.1, 0.15) is 0 Å². The fraction of sp³-hybridized carbons (Fsp3) is 0.500. The van der Waals surface area contributed by atoms with Crippen LogP contribution in [0, 0.1) is 12.8 Å². The third-order valence-corrected chi connectivity index (χ3v) is 4.76. The molecular formula is C18H24N6O2. The maximum absolute atomic E-state index is 12.6. The van der Waals surface area contributed by atoms with Crippen LogP contribution < -0.4 is 10.5 Å². The Bertz CT molecular complexity index is 822. The van der Waals surface area contributed by atoms with Gasteiger partial charge in [-0.25, -0.2) is 4.98 Å². The summed E-state index contributed by atoms with van der Waals surface area (Å²) in [5.74, 6) is 0.996. The number of piperidine rings is 1. The quantitative estimate of drug-likeness (QED) is 0.811. The van der Waals surface area contributed by atoms with Gasteiger partial charge in [0.2, 0.25) is 0 Å². The number of anilines is 1. The Balaban J connectivity index is 1.58. The molecule has 1 aliphatic heterocycles. The highest BCUT2D eigenvalue weighted by atomic mass is 16.2. The molecule has 1 fully saturated rings. The standard InChI is InChI=1S/C18H24N6O2/c1-13-10-19-12-24(17(13)25)11-14-6-8-23(9-7-14)18(26)15-4-5-16(21-20-15)22(2)3/h4-5,10,12,14H,6-9,11H2,1-3H3. The van der Waals surface area contributed by atoms with Gasteiger partial charge in [0.15, 0.2) is 11.5 Å². The van der Waals surface area contributed by atoms with Crippen LogP contribution in [0.15, 0.2) is 29.5 Å². The van der Waals surface area contributed by atoms with Crippen molar-refractivity contribution in [2.75, 3.05) is 32.1 Å². The zero-order valence-electron chi connectivity index (χ0n) is 15.4. The lowest BCUT2D eigenvalue weighted by Gasteiger charge is -2.32. The summed E-state index contributed by atoms with van der Waals surface area (Å²) in [7, 11) is 3.76. The molecule has 8 nitrogen and oxygen atoms in total. The normalized spacial score (nSPS) is 15.1. The molecule has 0 aliphatic carbocycles. The zero-order valence-corrected chi connectivity index (χ0v) is 15.4. The minimum atomic E-state index is -0.0874. The second kappa shape index (κ2) is 7.63. The molecule has 0 unspecified atom stereocenters. The first-order valence-corrected chi connectivity index (χ1v) is 8.77. The highest BCUT2D eigenvalue weighted by Crippen LogP contribution is 2.20. The van der Waals surface area contributed by atoms with E-state index in [1.807, 2.05) is 23.9 Å². The highest BCUT2D eigenvalue weighted by molar-refractivity contribution is 5.92. The molecule has 26 heavy (non-hydrogen) atoms. The molecule has 2 aromatic heterocycles. The smallest absolute Gasteiger partial charge is 0.274 e. The predicted octanol–water partition coefficient (Wildman–Crippen LogP) is 0.960. The topological polar surface area (TPSA) is 84.2 Å². The average molecular weight is 356 g/mol. The lowest BCUT2D eigenvalue weighted by molar-refractivity contribution is 0.0675. The number of aromatic nitrogens is 4. The van der Waals surface area contributed by atoms with Crippen molar-refractivity contribution in [3.05, 3.63) is 46.3 Å². The van der Waals surface area contributed by atoms with Gasteiger partial charge in [-0.15, -0.1) is 10.2 Å². The van der Waals surface area contributed by atoms with Gasteiger partial charge in [-0.2, -0.15) is 0 Å². The SMILES string of the molecule is Cc1cncn(CC2CCN(C(=O)c3ccc(N(C)C)nn3)CC2)c1=O. The average Bonchev–Trinajstić information content (AvgIpc) is 2.65. The zero-order chi connectivity index (χ0) is 18.7. The molecule has 3 rings (SSSR count). The first-order valence-electron chi connectivity index (χ1n) is 8.77. The Morgan fingerprint density at radius 2 is 1.96 bits per heavy atom. The molecule has 0 atom stereocenters. The Morgan fingerprint density at radius 1 is 1.23 bits per heavy atom. The van der Waals surface area contributed by atoms with E-state index in [1.165, 1.54) is 0 Å². The summed E-state index contributed by atoms with van der Waals surface area (Å²) in [5, 5.41) is 8.11. The number of carbonyl (C=O) groups is 1. The van der Waals surface area contributed by atoms with Crippen LogP contribution in [0.1, 0.15) is 28.9 Å². The summed E-state index contributed by atoms with van der Waals surface area (Å²) in [4.78, 5) is 32.5. The second-order valence-electron chi connectivity index (χ2n) is 6.94. The van der Waals surface area contributed by atoms with Gasteiger partial charge >= 0.3 is 0 Å². The molecule has 3 heterocycles. The molecule has 0 bridgehead atoms. The number of hydrogen-bond donors (Lipinski definition) is 0. The third kappa shape index (κ3) is 3.89. The molecule has 0 radical (unpaired) electrons. The Kier molecular flexibility index (Phi) is 5.29. The Hall–Kier alpha value is -2.77. The summed E-state index contributed by atoms with van der Waals surface area (Å²) >= 11 is 0. The van der Waals surface area contributed by atoms with E-state index in [2.05, 4.69) is 15.2 Å². The van der Waals surface area contributed by atoms with E-state index >= 15 is 0 Å². The number of carbonyl (C=O) groups excluding carboxylic acids is 1. The van der Waals surface area contributed by atoms with Gasteiger partial charge in [-0.3, -0.25) is 14.2 Å². The largest absolute Gasteiger partial charge is 0.361 e. The van der Waals surface area contributed by atoms with E-state index < -0.39 is 0 Å². The van der Waals surface area contributed by atoms with Crippen molar-refractivity contribution >= 4 is 11.7 Å². The summed E-state index contributed by atoms with van der Waals surface area (Å²) < 4.78 is 1.67. The number of nitrogens with zero attached hydrogens (tertiary/aromatic N) is 6. The van der Waals surface area contributed by atoms with Crippen molar-refractivity contribution in [3.8, 4) is 0 Å². The van der Waals surface area contributed by atoms with E-state index in [4.69, 9.17) is 0 Å². The van der Waals surface area contributed by atoms with Gasteiger partial charge in [0.25, 0.3) is 11.5 Å².